The van der Waals surface area contributed by atoms with Gasteiger partial charge in [-0.15, -0.1) is 0 Å². The number of likely N-dealkylation sites (tertiary alicyclic amines) is 1. The van der Waals surface area contributed by atoms with Gasteiger partial charge in [-0.25, -0.2) is 0 Å². The molecule has 0 saturated carbocycles. The lowest BCUT2D eigenvalue weighted by Gasteiger charge is -2.44. The first-order valence-electron chi connectivity index (χ1n) is 11.6. The Bertz CT molecular complexity index is 793. The van der Waals surface area contributed by atoms with E-state index in [0.717, 1.165) is 24.0 Å². The molecule has 0 aliphatic carbocycles. The van der Waals surface area contributed by atoms with Gasteiger partial charge in [0.2, 0.25) is 5.91 Å². The molecule has 0 bridgehead atoms. The Hall–Kier alpha value is -2.13. The van der Waals surface area contributed by atoms with Crippen molar-refractivity contribution in [3.05, 3.63) is 71.8 Å². The molecule has 168 valence electrons. The molecule has 0 radical (unpaired) electrons. The predicted octanol–water partition coefficient (Wildman–Crippen LogP) is 6.63. The maximum Gasteiger partial charge on any atom is 0.223 e. The molecule has 1 amide bonds. The molecular formula is C28H39NO2. The summed E-state index contributed by atoms with van der Waals surface area (Å²) >= 11 is 0. The summed E-state index contributed by atoms with van der Waals surface area (Å²) in [4.78, 5) is 15.2. The summed E-state index contributed by atoms with van der Waals surface area (Å²) in [5.74, 6) is 0.272. The minimum atomic E-state index is -0.129. The van der Waals surface area contributed by atoms with Crippen LogP contribution in [0.5, 0.6) is 0 Å². The molecule has 2 aromatic rings. The average molecular weight is 422 g/mol. The lowest BCUT2D eigenvalue weighted by atomic mass is 9.76. The van der Waals surface area contributed by atoms with Crippen molar-refractivity contribution in [2.24, 2.45) is 10.8 Å². The van der Waals surface area contributed by atoms with Gasteiger partial charge in [0, 0.05) is 12.5 Å². The smallest absolute Gasteiger partial charge is 0.223 e. The molecule has 1 heterocycles. The van der Waals surface area contributed by atoms with Crippen molar-refractivity contribution < 1.29 is 9.53 Å². The largest absolute Gasteiger partial charge is 0.367 e. The van der Waals surface area contributed by atoms with Gasteiger partial charge in [-0.05, 0) is 34.8 Å². The van der Waals surface area contributed by atoms with Crippen LogP contribution in [-0.2, 0) is 9.53 Å². The van der Waals surface area contributed by atoms with Crippen LogP contribution in [-0.4, -0.2) is 29.5 Å². The van der Waals surface area contributed by atoms with Crippen LogP contribution in [0.1, 0.15) is 78.0 Å². The molecular weight excluding hydrogens is 382 g/mol. The van der Waals surface area contributed by atoms with E-state index in [4.69, 9.17) is 4.74 Å². The van der Waals surface area contributed by atoms with E-state index in [1.807, 2.05) is 12.1 Å². The normalized spacial score (nSPS) is 18.6. The first kappa shape index (κ1) is 23.5. The van der Waals surface area contributed by atoms with Crippen LogP contribution in [0.25, 0.3) is 0 Å². The number of amides is 1. The van der Waals surface area contributed by atoms with Crippen molar-refractivity contribution in [2.45, 2.75) is 79.0 Å². The third kappa shape index (κ3) is 6.20. The van der Waals surface area contributed by atoms with Crippen molar-refractivity contribution in [2.75, 3.05) is 6.61 Å². The maximum absolute atomic E-state index is 13.0. The van der Waals surface area contributed by atoms with Crippen molar-refractivity contribution in [1.82, 2.24) is 4.90 Å². The summed E-state index contributed by atoms with van der Waals surface area (Å²) in [6.45, 7) is 14.1. The summed E-state index contributed by atoms with van der Waals surface area (Å²) in [6.07, 6.45) is 2.34. The predicted molar refractivity (Wildman–Crippen MR) is 128 cm³/mol. The highest BCUT2D eigenvalue weighted by molar-refractivity contribution is 5.79. The average Bonchev–Trinajstić information content (AvgIpc) is 3.06. The molecule has 1 unspecified atom stereocenters. The van der Waals surface area contributed by atoms with E-state index in [-0.39, 0.29) is 34.9 Å². The third-order valence-electron chi connectivity index (χ3n) is 6.17. The maximum atomic E-state index is 13.0. The van der Waals surface area contributed by atoms with Gasteiger partial charge in [0.1, 0.15) is 6.10 Å². The van der Waals surface area contributed by atoms with Crippen LogP contribution in [0.3, 0.4) is 0 Å². The zero-order valence-corrected chi connectivity index (χ0v) is 20.1. The Kier molecular flexibility index (Phi) is 7.26. The number of carbonyl (C=O) groups excluding carboxylic acids is 1. The van der Waals surface area contributed by atoms with E-state index in [1.54, 1.807) is 0 Å². The molecule has 0 spiro atoms. The van der Waals surface area contributed by atoms with Gasteiger partial charge in [-0.1, -0.05) is 102 Å². The molecule has 3 heteroatoms. The van der Waals surface area contributed by atoms with Gasteiger partial charge in [-0.2, -0.15) is 0 Å². The zero-order chi connectivity index (χ0) is 22.6. The molecule has 3 rings (SSSR count). The summed E-state index contributed by atoms with van der Waals surface area (Å²) in [5.41, 5.74) is 2.46. The highest BCUT2D eigenvalue weighted by atomic mass is 16.5. The van der Waals surface area contributed by atoms with E-state index in [9.17, 15) is 4.79 Å². The number of carbonyl (C=O) groups is 1. The summed E-state index contributed by atoms with van der Waals surface area (Å²) in [7, 11) is 0. The van der Waals surface area contributed by atoms with Crippen LogP contribution in [0.2, 0.25) is 0 Å². The van der Waals surface area contributed by atoms with Gasteiger partial charge in [0.05, 0.1) is 12.6 Å². The summed E-state index contributed by atoms with van der Waals surface area (Å²) in [5, 5.41) is 0. The number of hydrogen-bond donors (Lipinski definition) is 0. The Morgan fingerprint density at radius 1 is 0.903 bits per heavy atom. The van der Waals surface area contributed by atoms with Crippen molar-refractivity contribution in [3.63, 3.8) is 0 Å². The van der Waals surface area contributed by atoms with Crippen molar-refractivity contribution >= 4 is 5.91 Å². The molecule has 0 N–H and O–H groups in total. The molecule has 2 atom stereocenters. The highest BCUT2D eigenvalue weighted by Crippen LogP contribution is 2.39. The van der Waals surface area contributed by atoms with Gasteiger partial charge < -0.3 is 9.64 Å². The van der Waals surface area contributed by atoms with Crippen LogP contribution >= 0.6 is 0 Å². The second-order valence-electron chi connectivity index (χ2n) is 11.2. The number of hydrogen-bond acceptors (Lipinski definition) is 2. The van der Waals surface area contributed by atoms with Crippen LogP contribution < -0.4 is 0 Å². The van der Waals surface area contributed by atoms with Crippen LogP contribution in [0, 0.1) is 10.8 Å². The second-order valence-corrected chi connectivity index (χ2v) is 11.2. The second kappa shape index (κ2) is 9.56. The SMILES string of the molecule is CC(C)(C)CC(N1C(=O)CC[C@@H]1COC(c1ccccc1)c1ccccc1)C(C)(C)C. The van der Waals surface area contributed by atoms with Gasteiger partial charge in [0.15, 0.2) is 0 Å². The van der Waals surface area contributed by atoms with E-state index in [0.29, 0.717) is 13.0 Å². The van der Waals surface area contributed by atoms with Gasteiger partial charge in [-0.3, -0.25) is 4.79 Å². The monoisotopic (exact) mass is 421 g/mol. The number of benzene rings is 2. The molecule has 2 aromatic carbocycles. The molecule has 3 nitrogen and oxygen atoms in total. The van der Waals surface area contributed by atoms with Crippen molar-refractivity contribution in [3.8, 4) is 0 Å². The lowest BCUT2D eigenvalue weighted by Crippen LogP contribution is -2.51. The van der Waals surface area contributed by atoms with Gasteiger partial charge in [0.25, 0.3) is 0 Å². The van der Waals surface area contributed by atoms with E-state index >= 15 is 0 Å². The van der Waals surface area contributed by atoms with Crippen LogP contribution in [0.4, 0.5) is 0 Å². The van der Waals surface area contributed by atoms with E-state index in [1.165, 1.54) is 0 Å². The zero-order valence-electron chi connectivity index (χ0n) is 20.1. The lowest BCUT2D eigenvalue weighted by molar-refractivity contribution is -0.136. The molecule has 1 aliphatic rings. The summed E-state index contributed by atoms with van der Waals surface area (Å²) in [6, 6.07) is 21.1. The Morgan fingerprint density at radius 2 is 1.42 bits per heavy atom. The summed E-state index contributed by atoms with van der Waals surface area (Å²) < 4.78 is 6.58. The standard InChI is InChI=1S/C28H39NO2/c1-27(2,3)19-24(28(4,5)6)29-23(17-18-25(29)30)20-31-26(21-13-9-7-10-14-21)22-15-11-8-12-16-22/h7-16,23-24,26H,17-20H2,1-6H3/t23-,24?/m1/s1. The minimum absolute atomic E-state index is 0.0177. The first-order chi connectivity index (χ1) is 14.6. The van der Waals surface area contributed by atoms with E-state index < -0.39 is 0 Å². The number of ether oxygens (including phenoxy) is 1. The molecule has 1 aliphatic heterocycles. The Labute approximate surface area is 188 Å². The third-order valence-corrected chi connectivity index (χ3v) is 6.17. The minimum Gasteiger partial charge on any atom is -0.367 e. The fourth-order valence-electron chi connectivity index (χ4n) is 4.60. The molecule has 1 saturated heterocycles. The highest BCUT2D eigenvalue weighted by Gasteiger charge is 2.43. The quantitative estimate of drug-likeness (QED) is 0.502. The first-order valence-corrected chi connectivity index (χ1v) is 11.6. The number of rotatable bonds is 7. The molecule has 31 heavy (non-hydrogen) atoms. The fourth-order valence-corrected chi connectivity index (χ4v) is 4.60. The Balaban J connectivity index is 1.83. The molecule has 0 aromatic heterocycles. The Morgan fingerprint density at radius 3 is 1.87 bits per heavy atom. The number of nitrogens with zero attached hydrogens (tertiary/aromatic N) is 1. The van der Waals surface area contributed by atoms with Crippen LogP contribution in [0.15, 0.2) is 60.7 Å². The fraction of sp³-hybridized carbons (Fsp3) is 0.536. The molecule has 1 fully saturated rings. The topological polar surface area (TPSA) is 29.5 Å². The van der Waals surface area contributed by atoms with Gasteiger partial charge >= 0.3 is 0 Å². The van der Waals surface area contributed by atoms with Crippen molar-refractivity contribution in [1.29, 1.82) is 0 Å². The van der Waals surface area contributed by atoms with E-state index in [2.05, 4.69) is 95.0 Å².